The van der Waals surface area contributed by atoms with Gasteiger partial charge in [-0.25, -0.2) is 0 Å². The molecule has 0 aromatic heterocycles. The summed E-state index contributed by atoms with van der Waals surface area (Å²) in [4.78, 5) is 13.5. The Morgan fingerprint density at radius 1 is 1.17 bits per heavy atom. The van der Waals surface area contributed by atoms with E-state index in [0.717, 1.165) is 31.0 Å². The molecule has 0 aromatic rings. The molecule has 3 heteroatoms. The van der Waals surface area contributed by atoms with Crippen LogP contribution in [-0.2, 0) is 4.79 Å². The number of likely N-dealkylation sites (tertiary alicyclic amines) is 1. The lowest BCUT2D eigenvalue weighted by molar-refractivity contribution is -0.146. The number of nitrogens with zero attached hydrogens (tertiary/aromatic N) is 1. The molecular weight excluding hydrogens is 226 g/mol. The summed E-state index contributed by atoms with van der Waals surface area (Å²) in [6, 6.07) is 0.765. The molecule has 2 saturated carbocycles. The molecule has 3 nitrogen and oxygen atoms in total. The molecule has 1 saturated heterocycles. The average Bonchev–Trinajstić information content (AvgIpc) is 3.11. The molecule has 0 amide bonds. The smallest absolute Gasteiger partial charge is 0.306 e. The van der Waals surface area contributed by atoms with Gasteiger partial charge in [-0.2, -0.15) is 0 Å². The molecule has 3 aliphatic rings. The Kier molecular flexibility index (Phi) is 3.35. The molecule has 3 atom stereocenters. The molecule has 3 fully saturated rings. The lowest BCUT2D eigenvalue weighted by Crippen LogP contribution is -2.56. The number of hydrogen-bond acceptors (Lipinski definition) is 2. The zero-order valence-corrected chi connectivity index (χ0v) is 11.3. The van der Waals surface area contributed by atoms with E-state index in [4.69, 9.17) is 5.11 Å². The van der Waals surface area contributed by atoms with Crippen LogP contribution in [0.4, 0.5) is 0 Å². The van der Waals surface area contributed by atoms with Gasteiger partial charge in [-0.3, -0.25) is 9.69 Å². The molecule has 0 spiro atoms. The molecule has 102 valence electrons. The third kappa shape index (κ3) is 2.42. The number of carboxylic acid groups (broad SMARTS) is 1. The van der Waals surface area contributed by atoms with Gasteiger partial charge in [0.25, 0.3) is 0 Å². The van der Waals surface area contributed by atoms with E-state index in [-0.39, 0.29) is 5.92 Å². The van der Waals surface area contributed by atoms with Crippen molar-refractivity contribution in [3.05, 3.63) is 0 Å². The van der Waals surface area contributed by atoms with Gasteiger partial charge in [-0.1, -0.05) is 19.8 Å². The van der Waals surface area contributed by atoms with Crippen LogP contribution in [0.15, 0.2) is 0 Å². The van der Waals surface area contributed by atoms with E-state index in [1.807, 2.05) is 6.92 Å². The van der Waals surface area contributed by atoms with Crippen molar-refractivity contribution < 1.29 is 9.90 Å². The SMILES string of the molecule is CC(C(=O)O)C1CN(C2CCCC(C3CC3)C2)C1. The van der Waals surface area contributed by atoms with Gasteiger partial charge in [0.1, 0.15) is 0 Å². The first-order chi connectivity index (χ1) is 8.65. The van der Waals surface area contributed by atoms with Crippen LogP contribution in [0.5, 0.6) is 0 Å². The van der Waals surface area contributed by atoms with Crippen molar-refractivity contribution in [2.45, 2.75) is 51.5 Å². The molecule has 3 rings (SSSR count). The Labute approximate surface area is 110 Å². The standard InChI is InChI=1S/C15H25NO2/c1-10(15(17)18)13-8-16(9-13)14-4-2-3-12(7-14)11-5-6-11/h10-14H,2-9H2,1H3,(H,17,18). The highest BCUT2D eigenvalue weighted by Crippen LogP contribution is 2.45. The highest BCUT2D eigenvalue weighted by atomic mass is 16.4. The normalized spacial score (nSPS) is 36.1. The first kappa shape index (κ1) is 12.5. The molecule has 0 radical (unpaired) electrons. The lowest BCUT2D eigenvalue weighted by atomic mass is 9.78. The van der Waals surface area contributed by atoms with Gasteiger partial charge in [-0.05, 0) is 43.4 Å². The second kappa shape index (κ2) is 4.84. The van der Waals surface area contributed by atoms with Gasteiger partial charge >= 0.3 is 5.97 Å². The zero-order chi connectivity index (χ0) is 12.7. The molecular formula is C15H25NO2. The second-order valence-corrected chi connectivity index (χ2v) is 6.76. The quantitative estimate of drug-likeness (QED) is 0.835. The molecule has 0 aromatic carbocycles. The van der Waals surface area contributed by atoms with E-state index >= 15 is 0 Å². The van der Waals surface area contributed by atoms with Crippen LogP contribution in [0.2, 0.25) is 0 Å². The van der Waals surface area contributed by atoms with Gasteiger partial charge in [0.2, 0.25) is 0 Å². The van der Waals surface area contributed by atoms with Crippen molar-refractivity contribution in [3.63, 3.8) is 0 Å². The van der Waals surface area contributed by atoms with E-state index in [2.05, 4.69) is 4.90 Å². The van der Waals surface area contributed by atoms with Crippen molar-refractivity contribution in [3.8, 4) is 0 Å². The number of carboxylic acids is 1. The fourth-order valence-electron chi connectivity index (χ4n) is 3.89. The maximum absolute atomic E-state index is 10.9. The summed E-state index contributed by atoms with van der Waals surface area (Å²) in [5, 5.41) is 9.02. The van der Waals surface area contributed by atoms with E-state index in [0.29, 0.717) is 5.92 Å². The third-order valence-corrected chi connectivity index (χ3v) is 5.53. The predicted octanol–water partition coefficient (Wildman–Crippen LogP) is 2.61. The van der Waals surface area contributed by atoms with Crippen molar-refractivity contribution in [1.29, 1.82) is 0 Å². The topological polar surface area (TPSA) is 40.5 Å². The highest BCUT2D eigenvalue weighted by molar-refractivity contribution is 5.70. The largest absolute Gasteiger partial charge is 0.481 e. The fraction of sp³-hybridized carbons (Fsp3) is 0.933. The molecule has 1 heterocycles. The van der Waals surface area contributed by atoms with E-state index < -0.39 is 5.97 Å². The minimum atomic E-state index is -0.626. The summed E-state index contributed by atoms with van der Waals surface area (Å²) in [7, 11) is 0. The van der Waals surface area contributed by atoms with E-state index in [9.17, 15) is 4.79 Å². The average molecular weight is 251 g/mol. The van der Waals surface area contributed by atoms with Gasteiger partial charge in [0.15, 0.2) is 0 Å². The monoisotopic (exact) mass is 251 g/mol. The summed E-state index contributed by atoms with van der Waals surface area (Å²) in [6.45, 7) is 3.91. The van der Waals surface area contributed by atoms with Crippen LogP contribution in [0.1, 0.15) is 45.4 Å². The van der Waals surface area contributed by atoms with Crippen molar-refractivity contribution in [1.82, 2.24) is 4.90 Å². The van der Waals surface area contributed by atoms with Crippen LogP contribution < -0.4 is 0 Å². The highest BCUT2D eigenvalue weighted by Gasteiger charge is 2.41. The van der Waals surface area contributed by atoms with E-state index in [1.54, 1.807) is 0 Å². The van der Waals surface area contributed by atoms with Gasteiger partial charge < -0.3 is 5.11 Å². The van der Waals surface area contributed by atoms with Crippen LogP contribution in [0.25, 0.3) is 0 Å². The van der Waals surface area contributed by atoms with Crippen molar-refractivity contribution in [2.24, 2.45) is 23.7 Å². The Morgan fingerprint density at radius 3 is 2.50 bits per heavy atom. The molecule has 2 aliphatic carbocycles. The number of hydrogen-bond donors (Lipinski definition) is 1. The molecule has 3 unspecified atom stereocenters. The van der Waals surface area contributed by atoms with Gasteiger partial charge in [0.05, 0.1) is 5.92 Å². The number of aliphatic carboxylic acids is 1. The Hall–Kier alpha value is -0.570. The zero-order valence-electron chi connectivity index (χ0n) is 11.3. The van der Waals surface area contributed by atoms with Gasteiger partial charge in [0, 0.05) is 19.1 Å². The molecule has 18 heavy (non-hydrogen) atoms. The summed E-state index contributed by atoms with van der Waals surface area (Å²) in [6.07, 6.45) is 8.51. The number of carbonyl (C=O) groups is 1. The third-order valence-electron chi connectivity index (χ3n) is 5.53. The van der Waals surface area contributed by atoms with Crippen LogP contribution in [-0.4, -0.2) is 35.1 Å². The summed E-state index contributed by atoms with van der Waals surface area (Å²) < 4.78 is 0. The van der Waals surface area contributed by atoms with Crippen molar-refractivity contribution in [2.75, 3.05) is 13.1 Å². The fourth-order valence-corrected chi connectivity index (χ4v) is 3.89. The Balaban J connectivity index is 1.47. The van der Waals surface area contributed by atoms with Crippen LogP contribution in [0.3, 0.4) is 0 Å². The number of rotatable bonds is 4. The first-order valence-electron chi connectivity index (χ1n) is 7.62. The van der Waals surface area contributed by atoms with E-state index in [1.165, 1.54) is 38.5 Å². The van der Waals surface area contributed by atoms with Gasteiger partial charge in [-0.15, -0.1) is 0 Å². The lowest BCUT2D eigenvalue weighted by Gasteiger charge is -2.48. The minimum Gasteiger partial charge on any atom is -0.481 e. The van der Waals surface area contributed by atoms with Crippen molar-refractivity contribution >= 4 is 5.97 Å². The maximum Gasteiger partial charge on any atom is 0.306 e. The maximum atomic E-state index is 10.9. The second-order valence-electron chi connectivity index (χ2n) is 6.76. The minimum absolute atomic E-state index is 0.163. The van der Waals surface area contributed by atoms with Crippen LogP contribution in [0, 0.1) is 23.7 Å². The summed E-state index contributed by atoms with van der Waals surface area (Å²) in [5.41, 5.74) is 0. The summed E-state index contributed by atoms with van der Waals surface area (Å²) >= 11 is 0. The molecule has 0 bridgehead atoms. The Bertz CT molecular complexity index is 320. The molecule has 1 N–H and O–H groups in total. The first-order valence-corrected chi connectivity index (χ1v) is 7.62. The summed E-state index contributed by atoms with van der Waals surface area (Å²) in [5.74, 6) is 1.63. The predicted molar refractivity (Wildman–Crippen MR) is 70.3 cm³/mol. The Morgan fingerprint density at radius 2 is 1.89 bits per heavy atom. The molecule has 1 aliphatic heterocycles. The van der Waals surface area contributed by atoms with Crippen LogP contribution >= 0.6 is 0 Å².